The summed E-state index contributed by atoms with van der Waals surface area (Å²) in [6.07, 6.45) is 5.56. The average Bonchev–Trinajstić information content (AvgIpc) is 3.31. The Morgan fingerprint density at radius 3 is 2.77 bits per heavy atom. The summed E-state index contributed by atoms with van der Waals surface area (Å²) in [5, 5.41) is 0.554. The van der Waals surface area contributed by atoms with Crippen LogP contribution in [-0.2, 0) is 13.6 Å². The highest BCUT2D eigenvalue weighted by atomic mass is 32.1. The van der Waals surface area contributed by atoms with E-state index in [4.69, 9.17) is 0 Å². The molecule has 1 aliphatic heterocycles. The van der Waals surface area contributed by atoms with Crippen LogP contribution >= 0.6 is 11.3 Å². The zero-order valence-electron chi connectivity index (χ0n) is 16.9. The van der Waals surface area contributed by atoms with E-state index in [0.717, 1.165) is 36.5 Å². The number of aryl methyl sites for hydroxylation is 2. The number of pyridine rings is 1. The molecule has 0 aliphatic carbocycles. The second-order valence-corrected chi connectivity index (χ2v) is 8.66. The molecular weight excluding hydrogens is 400 g/mol. The van der Waals surface area contributed by atoms with Crippen molar-refractivity contribution >= 4 is 33.1 Å². The summed E-state index contributed by atoms with van der Waals surface area (Å²) in [5.41, 5.74) is 2.61. The van der Waals surface area contributed by atoms with Crippen molar-refractivity contribution in [1.29, 1.82) is 0 Å². The second kappa shape index (κ2) is 7.33. The van der Waals surface area contributed by atoms with Crippen LogP contribution in [0.25, 0.3) is 15.9 Å². The lowest BCUT2D eigenvalue weighted by Gasteiger charge is -2.34. The molecule has 1 fully saturated rings. The summed E-state index contributed by atoms with van der Waals surface area (Å²) in [5.74, 6) is -0.00932. The van der Waals surface area contributed by atoms with E-state index in [1.165, 1.54) is 22.2 Å². The Kier molecular flexibility index (Phi) is 4.63. The third-order valence-electron chi connectivity index (χ3n) is 5.66. The molecule has 9 heteroatoms. The Bertz CT molecular complexity index is 1280. The number of fused-ring (bicyclic) bond motifs is 2. The second-order valence-electron chi connectivity index (χ2n) is 7.66. The molecule has 0 bridgehead atoms. The molecule has 0 unspecified atom stereocenters. The van der Waals surface area contributed by atoms with E-state index in [2.05, 4.69) is 21.1 Å². The fourth-order valence-electron chi connectivity index (χ4n) is 3.96. The van der Waals surface area contributed by atoms with E-state index in [9.17, 15) is 9.59 Å². The number of hydrogen-bond donors (Lipinski definition) is 0. The minimum Gasteiger partial charge on any atom is -0.335 e. The number of carbonyl (C=O) groups excluding carboxylic acids is 1. The Balaban J connectivity index is 1.29. The predicted molar refractivity (Wildman–Crippen MR) is 116 cm³/mol. The number of carbonyl (C=O) groups is 1. The van der Waals surface area contributed by atoms with E-state index in [0.29, 0.717) is 28.2 Å². The smallest absolute Gasteiger partial charge is 0.264 e. The maximum Gasteiger partial charge on any atom is 0.264 e. The van der Waals surface area contributed by atoms with Gasteiger partial charge >= 0.3 is 0 Å². The summed E-state index contributed by atoms with van der Waals surface area (Å²) in [7, 11) is 1.68. The molecule has 4 aromatic rings. The summed E-state index contributed by atoms with van der Waals surface area (Å²) >= 11 is 1.31. The van der Waals surface area contributed by atoms with Gasteiger partial charge in [0, 0.05) is 52.2 Å². The van der Waals surface area contributed by atoms with Gasteiger partial charge in [-0.1, -0.05) is 6.07 Å². The monoisotopic (exact) mass is 422 g/mol. The highest BCUT2D eigenvalue weighted by Gasteiger charge is 2.26. The van der Waals surface area contributed by atoms with Crippen LogP contribution in [0.15, 0.2) is 41.7 Å². The normalized spacial score (nSPS) is 15.3. The van der Waals surface area contributed by atoms with Crippen molar-refractivity contribution in [1.82, 2.24) is 28.7 Å². The fourth-order valence-corrected chi connectivity index (χ4v) is 5.07. The fraction of sp³-hybridized carbons (Fsp3) is 0.333. The zero-order chi connectivity index (χ0) is 20.8. The molecule has 0 radical (unpaired) electrons. The molecule has 5 rings (SSSR count). The Morgan fingerprint density at radius 1 is 1.20 bits per heavy atom. The van der Waals surface area contributed by atoms with Gasteiger partial charge in [0.1, 0.15) is 10.5 Å². The molecule has 8 nitrogen and oxygen atoms in total. The van der Waals surface area contributed by atoms with Crippen molar-refractivity contribution in [3.8, 4) is 0 Å². The summed E-state index contributed by atoms with van der Waals surface area (Å²) in [4.78, 5) is 40.0. The van der Waals surface area contributed by atoms with E-state index < -0.39 is 0 Å². The van der Waals surface area contributed by atoms with Crippen LogP contribution in [0.5, 0.6) is 0 Å². The number of amides is 1. The lowest BCUT2D eigenvalue weighted by molar-refractivity contribution is 0.0631. The average molecular weight is 423 g/mol. The van der Waals surface area contributed by atoms with E-state index in [1.54, 1.807) is 7.05 Å². The molecule has 0 aromatic carbocycles. The largest absolute Gasteiger partial charge is 0.335 e. The van der Waals surface area contributed by atoms with Gasteiger partial charge in [-0.05, 0) is 24.6 Å². The predicted octanol–water partition coefficient (Wildman–Crippen LogP) is 1.91. The van der Waals surface area contributed by atoms with Crippen LogP contribution in [0, 0.1) is 6.92 Å². The van der Waals surface area contributed by atoms with Crippen molar-refractivity contribution in [3.05, 3.63) is 63.4 Å². The van der Waals surface area contributed by atoms with Crippen LogP contribution in [0.1, 0.15) is 20.9 Å². The number of hydrogen-bond acceptors (Lipinski definition) is 6. The number of aromatic nitrogens is 4. The Labute approximate surface area is 177 Å². The maximum absolute atomic E-state index is 13.1. The van der Waals surface area contributed by atoms with Gasteiger partial charge in [-0.25, -0.2) is 9.97 Å². The number of rotatable bonds is 3. The first-order valence-corrected chi connectivity index (χ1v) is 10.7. The van der Waals surface area contributed by atoms with Gasteiger partial charge in [0.15, 0.2) is 0 Å². The van der Waals surface area contributed by atoms with Crippen molar-refractivity contribution in [3.63, 3.8) is 0 Å². The van der Waals surface area contributed by atoms with Gasteiger partial charge in [-0.2, -0.15) is 0 Å². The Hall–Kier alpha value is -3.04. The highest BCUT2D eigenvalue weighted by Crippen LogP contribution is 2.28. The van der Waals surface area contributed by atoms with Gasteiger partial charge in [0.25, 0.3) is 11.5 Å². The summed E-state index contributed by atoms with van der Waals surface area (Å²) < 4.78 is 3.48. The summed E-state index contributed by atoms with van der Waals surface area (Å²) in [6, 6.07) is 5.97. The van der Waals surface area contributed by atoms with Crippen LogP contribution in [-0.4, -0.2) is 60.8 Å². The molecule has 0 atom stereocenters. The van der Waals surface area contributed by atoms with Crippen LogP contribution in [0.4, 0.5) is 0 Å². The van der Waals surface area contributed by atoms with Crippen molar-refractivity contribution in [2.45, 2.75) is 13.5 Å². The minimum absolute atomic E-state index is 0.00932. The first-order chi connectivity index (χ1) is 14.5. The SMILES string of the molecule is Cc1c(C(=O)N2CCN(Cc3cn4ccccc4n3)CC2)sc2ncn(C)c(=O)c12. The standard InChI is InChI=1S/C21H22N6O2S/c1-14-17-19(22-13-24(2)20(17)28)30-18(14)21(29)26-9-7-25(8-10-26)11-15-12-27-6-4-3-5-16(27)23-15/h3-6,12-13H,7-11H2,1-2H3. The third-order valence-corrected chi connectivity index (χ3v) is 6.85. The Morgan fingerprint density at radius 2 is 2.00 bits per heavy atom. The highest BCUT2D eigenvalue weighted by molar-refractivity contribution is 7.20. The quantitative estimate of drug-likeness (QED) is 0.504. The van der Waals surface area contributed by atoms with Crippen molar-refractivity contribution in [2.24, 2.45) is 7.05 Å². The van der Waals surface area contributed by atoms with E-state index in [-0.39, 0.29) is 11.5 Å². The molecular formula is C21H22N6O2S. The molecule has 154 valence electrons. The molecule has 4 aromatic heterocycles. The van der Waals surface area contributed by atoms with Gasteiger partial charge in [-0.15, -0.1) is 11.3 Å². The lowest BCUT2D eigenvalue weighted by atomic mass is 10.2. The molecule has 0 N–H and O–H groups in total. The molecule has 1 saturated heterocycles. The van der Waals surface area contributed by atoms with Crippen LogP contribution in [0.3, 0.4) is 0 Å². The van der Waals surface area contributed by atoms with Gasteiger partial charge in [0.2, 0.25) is 0 Å². The minimum atomic E-state index is -0.106. The first kappa shape index (κ1) is 19.0. The molecule has 5 heterocycles. The molecule has 1 amide bonds. The molecule has 1 aliphatic rings. The summed E-state index contributed by atoms with van der Waals surface area (Å²) in [6.45, 7) is 5.52. The lowest BCUT2D eigenvalue weighted by Crippen LogP contribution is -2.48. The van der Waals surface area contributed by atoms with E-state index in [1.807, 2.05) is 40.6 Å². The molecule has 30 heavy (non-hydrogen) atoms. The maximum atomic E-state index is 13.1. The van der Waals surface area contributed by atoms with Gasteiger partial charge < -0.3 is 13.9 Å². The molecule has 0 spiro atoms. The van der Waals surface area contributed by atoms with Crippen LogP contribution < -0.4 is 5.56 Å². The van der Waals surface area contributed by atoms with Crippen molar-refractivity contribution < 1.29 is 4.79 Å². The number of piperazine rings is 1. The van der Waals surface area contributed by atoms with Crippen molar-refractivity contribution in [2.75, 3.05) is 26.2 Å². The molecule has 0 saturated carbocycles. The van der Waals surface area contributed by atoms with E-state index >= 15 is 0 Å². The van der Waals surface area contributed by atoms with Crippen LogP contribution in [0.2, 0.25) is 0 Å². The number of thiophene rings is 1. The number of imidazole rings is 1. The topological polar surface area (TPSA) is 75.7 Å². The van der Waals surface area contributed by atoms with Gasteiger partial charge in [-0.3, -0.25) is 14.5 Å². The first-order valence-electron chi connectivity index (χ1n) is 9.90. The number of nitrogens with zero attached hydrogens (tertiary/aromatic N) is 6. The van der Waals surface area contributed by atoms with Gasteiger partial charge in [0.05, 0.1) is 22.3 Å². The third kappa shape index (κ3) is 3.20. The zero-order valence-corrected chi connectivity index (χ0v) is 17.7.